The van der Waals surface area contributed by atoms with E-state index in [-0.39, 0.29) is 24.2 Å². The standard InChI is InChI=1S/C19H15N3O3S/c1-26-14-8-6-12(7-9-14)10-17(23)20-19-22-21-18(25-19)16-11-13-4-2-3-5-15(13)24-16/h2-9,11H,10H2,1H3,(H,20,22,23). The van der Waals surface area contributed by atoms with E-state index in [1.54, 1.807) is 11.8 Å². The Morgan fingerprint density at radius 3 is 2.65 bits per heavy atom. The van der Waals surface area contributed by atoms with Gasteiger partial charge in [0.1, 0.15) is 5.58 Å². The number of nitrogens with one attached hydrogen (secondary N) is 1. The lowest BCUT2D eigenvalue weighted by Gasteiger charge is -2.02. The predicted molar refractivity (Wildman–Crippen MR) is 100 cm³/mol. The first-order chi connectivity index (χ1) is 12.7. The molecule has 0 atom stereocenters. The number of aromatic nitrogens is 2. The Hall–Kier alpha value is -3.06. The maximum atomic E-state index is 12.2. The molecule has 0 aliphatic heterocycles. The van der Waals surface area contributed by atoms with Gasteiger partial charge in [0, 0.05) is 10.3 Å². The van der Waals surface area contributed by atoms with Crippen molar-refractivity contribution in [2.45, 2.75) is 11.3 Å². The van der Waals surface area contributed by atoms with E-state index < -0.39 is 0 Å². The number of carbonyl (C=O) groups is 1. The Morgan fingerprint density at radius 2 is 1.88 bits per heavy atom. The summed E-state index contributed by atoms with van der Waals surface area (Å²) in [4.78, 5) is 13.3. The summed E-state index contributed by atoms with van der Waals surface area (Å²) in [5.74, 6) is 0.467. The fourth-order valence-electron chi connectivity index (χ4n) is 2.55. The van der Waals surface area contributed by atoms with Crippen LogP contribution in [0.25, 0.3) is 22.6 Å². The molecule has 0 aliphatic carbocycles. The molecule has 2 heterocycles. The Balaban J connectivity index is 1.44. The van der Waals surface area contributed by atoms with E-state index in [4.69, 9.17) is 8.83 Å². The van der Waals surface area contributed by atoms with Gasteiger partial charge in [-0.05, 0) is 36.1 Å². The molecule has 2 aromatic heterocycles. The number of amides is 1. The minimum Gasteiger partial charge on any atom is -0.451 e. The highest BCUT2D eigenvalue weighted by Crippen LogP contribution is 2.27. The molecule has 0 saturated carbocycles. The number of hydrogen-bond donors (Lipinski definition) is 1. The summed E-state index contributed by atoms with van der Waals surface area (Å²) in [7, 11) is 0. The average Bonchev–Trinajstić information content (AvgIpc) is 3.28. The van der Waals surface area contributed by atoms with Gasteiger partial charge in [0.25, 0.3) is 5.89 Å². The van der Waals surface area contributed by atoms with Gasteiger partial charge in [0.05, 0.1) is 6.42 Å². The van der Waals surface area contributed by atoms with Crippen LogP contribution in [0.5, 0.6) is 0 Å². The van der Waals surface area contributed by atoms with Crippen molar-refractivity contribution in [2.24, 2.45) is 0 Å². The second-order valence-corrected chi connectivity index (χ2v) is 6.51. The average molecular weight is 365 g/mol. The van der Waals surface area contributed by atoms with Crippen LogP contribution in [0.1, 0.15) is 5.56 Å². The minimum atomic E-state index is -0.221. The lowest BCUT2D eigenvalue weighted by Crippen LogP contribution is -2.14. The number of carbonyl (C=O) groups excluding carboxylic acids is 1. The first kappa shape index (κ1) is 16.4. The van der Waals surface area contributed by atoms with Crippen molar-refractivity contribution in [3.8, 4) is 11.7 Å². The SMILES string of the molecule is CSc1ccc(CC(=O)Nc2nnc(-c3cc4ccccc4o3)o2)cc1. The van der Waals surface area contributed by atoms with Crippen LogP contribution in [0.3, 0.4) is 0 Å². The maximum Gasteiger partial charge on any atom is 0.322 e. The highest BCUT2D eigenvalue weighted by atomic mass is 32.2. The first-order valence-corrected chi connectivity index (χ1v) is 9.19. The Labute approximate surface area is 153 Å². The van der Waals surface area contributed by atoms with Gasteiger partial charge >= 0.3 is 6.01 Å². The summed E-state index contributed by atoms with van der Waals surface area (Å²) in [6.07, 6.45) is 2.24. The molecule has 26 heavy (non-hydrogen) atoms. The number of nitrogens with zero attached hydrogens (tertiary/aromatic N) is 2. The van der Waals surface area contributed by atoms with E-state index in [0.717, 1.165) is 21.4 Å². The Morgan fingerprint density at radius 1 is 1.08 bits per heavy atom. The van der Waals surface area contributed by atoms with Crippen LogP contribution in [0.15, 0.2) is 68.3 Å². The fourth-order valence-corrected chi connectivity index (χ4v) is 2.96. The van der Waals surface area contributed by atoms with Gasteiger partial charge in [0.2, 0.25) is 5.91 Å². The summed E-state index contributed by atoms with van der Waals surface area (Å²) in [6, 6.07) is 17.3. The summed E-state index contributed by atoms with van der Waals surface area (Å²) >= 11 is 1.66. The fraction of sp³-hybridized carbons (Fsp3) is 0.105. The largest absolute Gasteiger partial charge is 0.451 e. The lowest BCUT2D eigenvalue weighted by molar-refractivity contribution is -0.115. The number of para-hydroxylation sites is 1. The zero-order valence-corrected chi connectivity index (χ0v) is 14.7. The number of fused-ring (bicyclic) bond motifs is 1. The number of hydrogen-bond acceptors (Lipinski definition) is 6. The van der Waals surface area contributed by atoms with Crippen molar-refractivity contribution in [2.75, 3.05) is 11.6 Å². The molecule has 0 aliphatic rings. The number of benzene rings is 2. The Bertz CT molecular complexity index is 1020. The number of anilines is 1. The van der Waals surface area contributed by atoms with E-state index in [9.17, 15) is 4.79 Å². The number of furan rings is 1. The van der Waals surface area contributed by atoms with Crippen LogP contribution in [-0.4, -0.2) is 22.4 Å². The third-order valence-corrected chi connectivity index (χ3v) is 4.57. The molecular weight excluding hydrogens is 350 g/mol. The van der Waals surface area contributed by atoms with Gasteiger partial charge < -0.3 is 8.83 Å². The van der Waals surface area contributed by atoms with E-state index >= 15 is 0 Å². The van der Waals surface area contributed by atoms with Crippen molar-refractivity contribution >= 4 is 34.7 Å². The van der Waals surface area contributed by atoms with Crippen LogP contribution in [-0.2, 0) is 11.2 Å². The van der Waals surface area contributed by atoms with Crippen molar-refractivity contribution in [1.82, 2.24) is 10.2 Å². The third kappa shape index (κ3) is 3.48. The van der Waals surface area contributed by atoms with Crippen LogP contribution in [0.4, 0.5) is 6.01 Å². The van der Waals surface area contributed by atoms with Gasteiger partial charge in [-0.3, -0.25) is 10.1 Å². The van der Waals surface area contributed by atoms with Gasteiger partial charge in [0.15, 0.2) is 5.76 Å². The zero-order valence-electron chi connectivity index (χ0n) is 13.9. The van der Waals surface area contributed by atoms with Gasteiger partial charge in [-0.1, -0.05) is 35.4 Å². The van der Waals surface area contributed by atoms with Crippen molar-refractivity contribution in [3.05, 3.63) is 60.2 Å². The van der Waals surface area contributed by atoms with Gasteiger partial charge in [-0.2, -0.15) is 0 Å². The molecule has 1 N–H and O–H groups in total. The van der Waals surface area contributed by atoms with Crippen molar-refractivity contribution < 1.29 is 13.6 Å². The monoisotopic (exact) mass is 365 g/mol. The molecular formula is C19H15N3O3S. The molecule has 7 heteroatoms. The summed E-state index contributed by atoms with van der Waals surface area (Å²) in [5.41, 5.74) is 1.65. The molecule has 4 rings (SSSR count). The van der Waals surface area contributed by atoms with Crippen LogP contribution in [0.2, 0.25) is 0 Å². The molecule has 0 unspecified atom stereocenters. The highest BCUT2D eigenvalue weighted by molar-refractivity contribution is 7.98. The van der Waals surface area contributed by atoms with Crippen LogP contribution in [0, 0.1) is 0 Å². The van der Waals surface area contributed by atoms with E-state index in [2.05, 4.69) is 15.5 Å². The molecule has 1 amide bonds. The summed E-state index contributed by atoms with van der Waals surface area (Å²) in [6.45, 7) is 0. The van der Waals surface area contributed by atoms with E-state index in [1.165, 1.54) is 0 Å². The normalized spacial score (nSPS) is 11.0. The molecule has 0 saturated heterocycles. The highest BCUT2D eigenvalue weighted by Gasteiger charge is 2.15. The minimum absolute atomic E-state index is 0.0474. The quantitative estimate of drug-likeness (QED) is 0.528. The second-order valence-electron chi connectivity index (χ2n) is 5.63. The second kappa shape index (κ2) is 7.05. The molecule has 6 nitrogen and oxygen atoms in total. The topological polar surface area (TPSA) is 81.2 Å². The smallest absolute Gasteiger partial charge is 0.322 e. The summed E-state index contributed by atoms with van der Waals surface area (Å²) in [5, 5.41) is 11.4. The first-order valence-electron chi connectivity index (χ1n) is 7.96. The Kier molecular flexibility index (Phi) is 4.45. The van der Waals surface area contributed by atoms with Crippen LogP contribution >= 0.6 is 11.8 Å². The van der Waals surface area contributed by atoms with E-state index in [1.807, 2.05) is 60.9 Å². The van der Waals surface area contributed by atoms with Crippen molar-refractivity contribution in [1.29, 1.82) is 0 Å². The molecule has 2 aromatic carbocycles. The number of rotatable bonds is 5. The number of thioether (sulfide) groups is 1. The van der Waals surface area contributed by atoms with E-state index in [0.29, 0.717) is 5.76 Å². The van der Waals surface area contributed by atoms with Gasteiger partial charge in [-0.25, -0.2) is 0 Å². The maximum absolute atomic E-state index is 12.2. The van der Waals surface area contributed by atoms with Crippen LogP contribution < -0.4 is 5.32 Å². The molecule has 4 aromatic rings. The molecule has 0 spiro atoms. The summed E-state index contributed by atoms with van der Waals surface area (Å²) < 4.78 is 11.2. The molecule has 130 valence electrons. The van der Waals surface area contributed by atoms with Gasteiger partial charge in [-0.15, -0.1) is 16.9 Å². The predicted octanol–water partition coefficient (Wildman–Crippen LogP) is 4.39. The molecule has 0 radical (unpaired) electrons. The molecule has 0 bridgehead atoms. The zero-order chi connectivity index (χ0) is 17.9. The van der Waals surface area contributed by atoms with Crippen molar-refractivity contribution in [3.63, 3.8) is 0 Å². The third-order valence-electron chi connectivity index (χ3n) is 3.83. The lowest BCUT2D eigenvalue weighted by atomic mass is 10.1. The molecule has 0 fully saturated rings.